The van der Waals surface area contributed by atoms with Crippen molar-refractivity contribution in [2.45, 2.75) is 13.8 Å². The van der Waals surface area contributed by atoms with E-state index in [1.807, 2.05) is 32.0 Å². The average molecular weight is 299 g/mol. The molecule has 0 fully saturated rings. The van der Waals surface area contributed by atoms with Gasteiger partial charge < -0.3 is 10.6 Å². The Morgan fingerprint density at radius 3 is 2.68 bits per heavy atom. The van der Waals surface area contributed by atoms with Gasteiger partial charge in [0.25, 0.3) is 0 Å². The van der Waals surface area contributed by atoms with Crippen molar-refractivity contribution in [1.29, 1.82) is 0 Å². The van der Waals surface area contributed by atoms with Crippen molar-refractivity contribution in [2.75, 3.05) is 17.2 Å². The maximum absolute atomic E-state index is 11.4. The molecule has 2 N–H and O–H groups in total. The van der Waals surface area contributed by atoms with Crippen molar-refractivity contribution < 1.29 is 4.92 Å². The highest BCUT2D eigenvalue weighted by Gasteiger charge is 2.23. The first-order valence-electron chi connectivity index (χ1n) is 6.71. The zero-order valence-corrected chi connectivity index (χ0v) is 12.5. The molecule has 0 aliphatic heterocycles. The summed E-state index contributed by atoms with van der Waals surface area (Å²) in [5.41, 5.74) is 2.67. The van der Waals surface area contributed by atoms with Gasteiger partial charge >= 0.3 is 5.69 Å². The molecule has 0 aliphatic carbocycles. The number of benzene rings is 1. The second-order valence-electron chi connectivity index (χ2n) is 4.79. The van der Waals surface area contributed by atoms with Gasteiger partial charge in [0.15, 0.2) is 0 Å². The summed E-state index contributed by atoms with van der Waals surface area (Å²) in [7, 11) is 0. The molecular formula is C15H17N5O2. The molecule has 7 heteroatoms. The zero-order valence-electron chi connectivity index (χ0n) is 12.5. The van der Waals surface area contributed by atoms with Gasteiger partial charge in [-0.05, 0) is 25.5 Å². The first-order chi connectivity index (χ1) is 10.5. The van der Waals surface area contributed by atoms with Crippen LogP contribution in [-0.4, -0.2) is 21.4 Å². The summed E-state index contributed by atoms with van der Waals surface area (Å²) in [5.74, 6) is 0.311. The van der Waals surface area contributed by atoms with Crippen LogP contribution in [0.3, 0.4) is 0 Å². The summed E-state index contributed by atoms with van der Waals surface area (Å²) in [6.07, 6.45) is 2.88. The normalized spacial score (nSPS) is 10.1. The molecular weight excluding hydrogens is 282 g/mol. The molecule has 0 atom stereocenters. The van der Waals surface area contributed by atoms with E-state index in [1.54, 1.807) is 6.08 Å². The Bertz CT molecular complexity index is 715. The van der Waals surface area contributed by atoms with Gasteiger partial charge in [0.2, 0.25) is 11.6 Å². The van der Waals surface area contributed by atoms with Crippen LogP contribution in [0.1, 0.15) is 11.1 Å². The lowest BCUT2D eigenvalue weighted by Gasteiger charge is -2.11. The highest BCUT2D eigenvalue weighted by atomic mass is 16.6. The van der Waals surface area contributed by atoms with Gasteiger partial charge in [-0.2, -0.15) is 0 Å². The van der Waals surface area contributed by atoms with Crippen LogP contribution >= 0.6 is 0 Å². The van der Waals surface area contributed by atoms with Gasteiger partial charge in [0.1, 0.15) is 6.33 Å². The molecule has 2 aromatic rings. The van der Waals surface area contributed by atoms with Crippen molar-refractivity contribution >= 4 is 23.0 Å². The van der Waals surface area contributed by atoms with E-state index >= 15 is 0 Å². The van der Waals surface area contributed by atoms with Crippen LogP contribution in [0.2, 0.25) is 0 Å². The predicted molar refractivity (Wildman–Crippen MR) is 86.6 cm³/mol. The lowest BCUT2D eigenvalue weighted by molar-refractivity contribution is -0.383. The van der Waals surface area contributed by atoms with Crippen LogP contribution in [0.15, 0.2) is 37.2 Å². The first kappa shape index (κ1) is 15.4. The minimum atomic E-state index is -0.503. The van der Waals surface area contributed by atoms with Crippen LogP contribution < -0.4 is 10.6 Å². The van der Waals surface area contributed by atoms with E-state index in [2.05, 4.69) is 27.2 Å². The SMILES string of the molecule is C=CCNc1ncnc(Nc2ccc(C)cc2C)c1[N+](=O)[O-]. The number of hydrogen-bond acceptors (Lipinski definition) is 6. The van der Waals surface area contributed by atoms with E-state index in [0.29, 0.717) is 6.54 Å². The molecule has 0 spiro atoms. The third-order valence-corrected chi connectivity index (χ3v) is 3.05. The molecule has 0 aliphatic rings. The number of aromatic nitrogens is 2. The Morgan fingerprint density at radius 2 is 2.05 bits per heavy atom. The van der Waals surface area contributed by atoms with Crippen molar-refractivity contribution in [3.8, 4) is 0 Å². The Balaban J connectivity index is 2.41. The van der Waals surface area contributed by atoms with Crippen LogP contribution in [0.4, 0.5) is 23.0 Å². The Morgan fingerprint density at radius 1 is 1.32 bits per heavy atom. The van der Waals surface area contributed by atoms with Gasteiger partial charge in [0.05, 0.1) is 4.92 Å². The van der Waals surface area contributed by atoms with E-state index in [9.17, 15) is 10.1 Å². The minimum Gasteiger partial charge on any atom is -0.361 e. The Kier molecular flexibility index (Phi) is 4.67. The Labute approximate surface area is 128 Å². The van der Waals surface area contributed by atoms with Crippen LogP contribution in [0, 0.1) is 24.0 Å². The Hall–Kier alpha value is -2.96. The number of anilines is 3. The third kappa shape index (κ3) is 3.38. The fourth-order valence-electron chi connectivity index (χ4n) is 2.02. The van der Waals surface area contributed by atoms with E-state index < -0.39 is 4.92 Å². The summed E-state index contributed by atoms with van der Waals surface area (Å²) >= 11 is 0. The van der Waals surface area contributed by atoms with Gasteiger partial charge in [0, 0.05) is 12.2 Å². The number of nitrogens with one attached hydrogen (secondary N) is 2. The van der Waals surface area contributed by atoms with Gasteiger partial charge in [-0.1, -0.05) is 23.8 Å². The summed E-state index contributed by atoms with van der Waals surface area (Å²) < 4.78 is 0. The molecule has 0 amide bonds. The molecule has 114 valence electrons. The summed E-state index contributed by atoms with van der Waals surface area (Å²) in [6, 6.07) is 5.79. The lowest BCUT2D eigenvalue weighted by atomic mass is 10.1. The zero-order chi connectivity index (χ0) is 16.1. The van der Waals surface area contributed by atoms with Crippen molar-refractivity contribution in [3.05, 3.63) is 58.4 Å². The first-order valence-corrected chi connectivity index (χ1v) is 6.71. The standard InChI is InChI=1S/C15H17N5O2/c1-4-7-16-14-13(20(21)22)15(18-9-17-14)19-12-6-5-10(2)8-11(12)3/h4-6,8-9H,1,7H2,2-3H3,(H2,16,17,18,19). The largest absolute Gasteiger partial charge is 0.361 e. The fourth-order valence-corrected chi connectivity index (χ4v) is 2.02. The molecule has 1 heterocycles. The lowest BCUT2D eigenvalue weighted by Crippen LogP contribution is -2.08. The van der Waals surface area contributed by atoms with E-state index in [0.717, 1.165) is 16.8 Å². The van der Waals surface area contributed by atoms with Crippen molar-refractivity contribution in [1.82, 2.24) is 9.97 Å². The van der Waals surface area contributed by atoms with Crippen molar-refractivity contribution in [2.24, 2.45) is 0 Å². The highest BCUT2D eigenvalue weighted by Crippen LogP contribution is 2.32. The second-order valence-corrected chi connectivity index (χ2v) is 4.79. The van der Waals surface area contributed by atoms with Crippen LogP contribution in [0.5, 0.6) is 0 Å². The maximum atomic E-state index is 11.4. The monoisotopic (exact) mass is 299 g/mol. The average Bonchev–Trinajstić information content (AvgIpc) is 2.47. The van der Waals surface area contributed by atoms with E-state index in [-0.39, 0.29) is 17.3 Å². The predicted octanol–water partition coefficient (Wildman–Crippen LogP) is 3.34. The number of nitrogens with zero attached hydrogens (tertiary/aromatic N) is 3. The molecule has 0 bridgehead atoms. The maximum Gasteiger partial charge on any atom is 0.353 e. The van der Waals surface area contributed by atoms with Gasteiger partial charge in [-0.3, -0.25) is 10.1 Å². The molecule has 1 aromatic carbocycles. The smallest absolute Gasteiger partial charge is 0.353 e. The van der Waals surface area contributed by atoms with Gasteiger partial charge in [-0.25, -0.2) is 9.97 Å². The number of hydrogen-bond donors (Lipinski definition) is 2. The quantitative estimate of drug-likeness (QED) is 0.483. The molecule has 1 aromatic heterocycles. The van der Waals surface area contributed by atoms with Crippen LogP contribution in [-0.2, 0) is 0 Å². The van der Waals surface area contributed by atoms with E-state index in [1.165, 1.54) is 6.33 Å². The van der Waals surface area contributed by atoms with Crippen molar-refractivity contribution in [3.63, 3.8) is 0 Å². The highest BCUT2D eigenvalue weighted by molar-refractivity contribution is 5.74. The van der Waals surface area contributed by atoms with Crippen LogP contribution in [0.25, 0.3) is 0 Å². The molecule has 2 rings (SSSR count). The topological polar surface area (TPSA) is 93.0 Å². The fraction of sp³-hybridized carbons (Fsp3) is 0.200. The molecule has 0 radical (unpaired) electrons. The number of rotatable bonds is 6. The number of nitro groups is 1. The molecule has 0 unspecified atom stereocenters. The third-order valence-electron chi connectivity index (χ3n) is 3.05. The summed E-state index contributed by atoms with van der Waals surface area (Å²) in [4.78, 5) is 18.8. The number of aryl methyl sites for hydroxylation is 2. The molecule has 7 nitrogen and oxygen atoms in total. The molecule has 22 heavy (non-hydrogen) atoms. The minimum absolute atomic E-state index is 0.151. The van der Waals surface area contributed by atoms with Gasteiger partial charge in [-0.15, -0.1) is 6.58 Å². The summed E-state index contributed by atoms with van der Waals surface area (Å²) in [5, 5.41) is 17.2. The second kappa shape index (κ2) is 6.66. The van der Waals surface area contributed by atoms with E-state index in [4.69, 9.17) is 0 Å². The summed E-state index contributed by atoms with van der Waals surface area (Å²) in [6.45, 7) is 7.86. The molecule has 0 saturated carbocycles. The molecule has 0 saturated heterocycles.